The summed E-state index contributed by atoms with van der Waals surface area (Å²) in [6.07, 6.45) is 0.0694. The molecule has 0 N–H and O–H groups in total. The maximum Gasteiger partial charge on any atom is 0.104 e. The van der Waals surface area contributed by atoms with Gasteiger partial charge in [0.15, 0.2) is 0 Å². The van der Waals surface area contributed by atoms with Gasteiger partial charge < -0.3 is 18.9 Å². The summed E-state index contributed by atoms with van der Waals surface area (Å²) in [6, 6.07) is 0. The minimum Gasteiger partial charge on any atom is -0.382 e. The second-order valence-corrected chi connectivity index (χ2v) is 2.55. The molecule has 0 spiro atoms. The summed E-state index contributed by atoms with van der Waals surface area (Å²) < 4.78 is 19.5. The fourth-order valence-corrected chi connectivity index (χ4v) is 0.760. The first-order valence-corrected chi connectivity index (χ1v) is 4.85. The first kappa shape index (κ1) is 16.3. The Labute approximate surface area is 87.5 Å². The highest BCUT2D eigenvalue weighted by atomic mass is 16.5. The second-order valence-electron chi connectivity index (χ2n) is 2.55. The van der Waals surface area contributed by atoms with E-state index >= 15 is 0 Å². The van der Waals surface area contributed by atoms with Gasteiger partial charge in [-0.15, -0.1) is 0 Å². The summed E-state index contributed by atoms with van der Waals surface area (Å²) in [4.78, 5) is 0. The van der Waals surface area contributed by atoms with Crippen LogP contribution in [0.25, 0.3) is 0 Å². The van der Waals surface area contributed by atoms with Crippen molar-refractivity contribution in [1.82, 2.24) is 0 Å². The van der Waals surface area contributed by atoms with Crippen molar-refractivity contribution >= 4 is 0 Å². The third-order valence-electron chi connectivity index (χ3n) is 1.45. The number of rotatable bonds is 7. The molecular weight excluding hydrogens is 184 g/mol. The normalized spacial score (nSPS) is 9.86. The predicted molar refractivity (Wildman–Crippen MR) is 56.7 cm³/mol. The van der Waals surface area contributed by atoms with Crippen LogP contribution in [0.3, 0.4) is 0 Å². The van der Waals surface area contributed by atoms with Crippen LogP contribution in [0.15, 0.2) is 0 Å². The third kappa shape index (κ3) is 14.4. The van der Waals surface area contributed by atoms with E-state index in [0.29, 0.717) is 13.2 Å². The van der Waals surface area contributed by atoms with Gasteiger partial charge in [0, 0.05) is 34.5 Å². The summed E-state index contributed by atoms with van der Waals surface area (Å²) >= 11 is 0. The molecule has 0 atom stereocenters. The average Bonchev–Trinajstić information content (AvgIpc) is 2.20. The summed E-state index contributed by atoms with van der Waals surface area (Å²) in [7, 11) is 4.92. The van der Waals surface area contributed by atoms with Crippen LogP contribution in [0.1, 0.15) is 13.8 Å². The molecule has 0 unspecified atom stereocenters. The van der Waals surface area contributed by atoms with Gasteiger partial charge in [0.25, 0.3) is 0 Å². The van der Waals surface area contributed by atoms with Gasteiger partial charge in [-0.25, -0.2) is 0 Å². The van der Waals surface area contributed by atoms with Crippen molar-refractivity contribution in [2.24, 2.45) is 0 Å². The lowest BCUT2D eigenvalue weighted by molar-refractivity contribution is -0.0178. The van der Waals surface area contributed by atoms with Crippen LogP contribution in [0.5, 0.6) is 0 Å². The molecule has 88 valence electrons. The fourth-order valence-electron chi connectivity index (χ4n) is 0.760. The van der Waals surface area contributed by atoms with Crippen LogP contribution in [0.4, 0.5) is 0 Å². The van der Waals surface area contributed by atoms with Gasteiger partial charge in [0.05, 0.1) is 13.2 Å². The van der Waals surface area contributed by atoms with Crippen molar-refractivity contribution in [1.29, 1.82) is 0 Å². The molecule has 14 heavy (non-hydrogen) atoms. The van der Waals surface area contributed by atoms with Crippen LogP contribution >= 0.6 is 0 Å². The highest BCUT2D eigenvalue weighted by Crippen LogP contribution is 1.89. The van der Waals surface area contributed by atoms with Crippen molar-refractivity contribution < 1.29 is 18.9 Å². The van der Waals surface area contributed by atoms with E-state index in [9.17, 15) is 0 Å². The molecule has 0 aromatic carbocycles. The van der Waals surface area contributed by atoms with Gasteiger partial charge in [-0.3, -0.25) is 0 Å². The Kier molecular flexibility index (Phi) is 17.8. The number of ether oxygens (including phenoxy) is 4. The molecule has 0 radical (unpaired) electrons. The van der Waals surface area contributed by atoms with Crippen LogP contribution in [-0.4, -0.2) is 53.9 Å². The Bertz CT molecular complexity index is 80.2. The summed E-state index contributed by atoms with van der Waals surface area (Å²) in [5, 5.41) is 0. The maximum atomic E-state index is 4.98. The van der Waals surface area contributed by atoms with E-state index in [2.05, 4.69) is 0 Å². The molecule has 0 bridgehead atoms. The van der Waals surface area contributed by atoms with E-state index in [1.54, 1.807) is 21.3 Å². The predicted octanol–water partition coefficient (Wildman–Crippen LogP) is 1.34. The number of methoxy groups -OCH3 is 3. The Hall–Kier alpha value is -0.160. The zero-order valence-corrected chi connectivity index (χ0v) is 10.0. The topological polar surface area (TPSA) is 36.9 Å². The number of hydrogen-bond donors (Lipinski definition) is 0. The van der Waals surface area contributed by atoms with Crippen LogP contribution in [0.2, 0.25) is 0 Å². The van der Waals surface area contributed by atoms with E-state index in [0.717, 1.165) is 13.2 Å². The molecule has 0 saturated carbocycles. The van der Waals surface area contributed by atoms with E-state index in [-0.39, 0.29) is 6.10 Å². The molecule has 0 fully saturated rings. The lowest BCUT2D eigenvalue weighted by Gasteiger charge is -2.11. The van der Waals surface area contributed by atoms with Crippen LogP contribution in [-0.2, 0) is 18.9 Å². The largest absolute Gasteiger partial charge is 0.382 e. The maximum absolute atomic E-state index is 4.98. The molecule has 4 nitrogen and oxygen atoms in total. The molecule has 0 aliphatic carbocycles. The Morgan fingerprint density at radius 1 is 0.857 bits per heavy atom. The lowest BCUT2D eigenvalue weighted by atomic mass is 10.4. The van der Waals surface area contributed by atoms with Gasteiger partial charge in [-0.1, -0.05) is 0 Å². The molecule has 0 saturated heterocycles. The molecule has 0 heterocycles. The van der Waals surface area contributed by atoms with Crippen molar-refractivity contribution in [2.75, 3.05) is 47.8 Å². The van der Waals surface area contributed by atoms with Crippen molar-refractivity contribution in [3.05, 3.63) is 0 Å². The van der Waals surface area contributed by atoms with Gasteiger partial charge >= 0.3 is 0 Å². The van der Waals surface area contributed by atoms with Crippen molar-refractivity contribution in [3.63, 3.8) is 0 Å². The molecule has 0 amide bonds. The van der Waals surface area contributed by atoms with E-state index in [1.807, 2.05) is 13.8 Å². The highest BCUT2D eigenvalue weighted by Gasteiger charge is 2.03. The highest BCUT2D eigenvalue weighted by molar-refractivity contribution is 4.51. The first-order chi connectivity index (χ1) is 6.76. The molecule has 4 heteroatoms. The zero-order valence-electron chi connectivity index (χ0n) is 10.0. The molecule has 0 aromatic rings. The monoisotopic (exact) mass is 208 g/mol. The summed E-state index contributed by atoms with van der Waals surface area (Å²) in [5.41, 5.74) is 0. The lowest BCUT2D eigenvalue weighted by Crippen LogP contribution is -2.22. The standard InChI is InChI=1S/C6H14O3.C4H10O/c1-7-4-6(9-3)5-8-2;1-3-5-4-2/h6H,4-5H2,1-3H3;3-4H2,1-2H3. The minimum absolute atomic E-state index is 0.0694. The first-order valence-electron chi connectivity index (χ1n) is 4.85. The quantitative estimate of drug-likeness (QED) is 0.632. The van der Waals surface area contributed by atoms with Crippen LogP contribution < -0.4 is 0 Å². The van der Waals surface area contributed by atoms with E-state index < -0.39 is 0 Å². The fraction of sp³-hybridized carbons (Fsp3) is 1.00. The second kappa shape index (κ2) is 15.3. The molecule has 0 aliphatic heterocycles. The van der Waals surface area contributed by atoms with Crippen LogP contribution in [0, 0.1) is 0 Å². The molecule has 0 rings (SSSR count). The average molecular weight is 208 g/mol. The van der Waals surface area contributed by atoms with Crippen molar-refractivity contribution in [2.45, 2.75) is 20.0 Å². The Morgan fingerprint density at radius 3 is 1.43 bits per heavy atom. The smallest absolute Gasteiger partial charge is 0.104 e. The molecule has 0 aromatic heterocycles. The van der Waals surface area contributed by atoms with Crippen molar-refractivity contribution in [3.8, 4) is 0 Å². The summed E-state index contributed by atoms with van der Waals surface area (Å²) in [6.45, 7) is 6.84. The minimum atomic E-state index is 0.0694. The number of hydrogen-bond acceptors (Lipinski definition) is 4. The van der Waals surface area contributed by atoms with E-state index in [4.69, 9.17) is 18.9 Å². The molecular formula is C10H24O4. The molecule has 0 aliphatic rings. The SMILES string of the molecule is CCOCC.COCC(COC)OC. The van der Waals surface area contributed by atoms with Gasteiger partial charge in [0.1, 0.15) is 6.10 Å². The van der Waals surface area contributed by atoms with Gasteiger partial charge in [0.2, 0.25) is 0 Å². The Morgan fingerprint density at radius 2 is 1.29 bits per heavy atom. The Balaban J connectivity index is 0. The zero-order chi connectivity index (χ0) is 11.2. The van der Waals surface area contributed by atoms with E-state index in [1.165, 1.54) is 0 Å². The third-order valence-corrected chi connectivity index (χ3v) is 1.45. The van der Waals surface area contributed by atoms with Gasteiger partial charge in [-0.05, 0) is 13.8 Å². The van der Waals surface area contributed by atoms with Gasteiger partial charge in [-0.2, -0.15) is 0 Å². The summed E-state index contributed by atoms with van der Waals surface area (Å²) in [5.74, 6) is 0.